The van der Waals surface area contributed by atoms with Crippen molar-refractivity contribution in [1.82, 2.24) is 5.32 Å². The van der Waals surface area contributed by atoms with Gasteiger partial charge in [-0.2, -0.15) is 5.26 Å². The number of rotatable bonds is 3. The summed E-state index contributed by atoms with van der Waals surface area (Å²) in [6.45, 7) is 1.25. The third kappa shape index (κ3) is 2.99. The highest BCUT2D eigenvalue weighted by molar-refractivity contribution is 7.18. The van der Waals surface area contributed by atoms with E-state index in [2.05, 4.69) is 11.4 Å². The normalized spacial score (nSPS) is 22.3. The van der Waals surface area contributed by atoms with Gasteiger partial charge in [0.2, 0.25) is 0 Å². The first kappa shape index (κ1) is 18.7. The number of carbonyl (C=O) groups is 2. The topological polar surface area (TPSA) is 105 Å². The fraction of sp³-hybridized carbons (Fsp3) is 0.381. The van der Waals surface area contributed by atoms with E-state index in [4.69, 9.17) is 10.5 Å². The summed E-state index contributed by atoms with van der Waals surface area (Å²) >= 11 is 1.12. The van der Waals surface area contributed by atoms with E-state index in [1.165, 1.54) is 0 Å². The van der Waals surface area contributed by atoms with Crippen LogP contribution in [0.4, 0.5) is 5.00 Å². The summed E-state index contributed by atoms with van der Waals surface area (Å²) in [5.74, 6) is -0.497. The molecule has 144 valence electrons. The van der Waals surface area contributed by atoms with Crippen molar-refractivity contribution < 1.29 is 14.3 Å². The monoisotopic (exact) mass is 395 g/mol. The standard InChI is InChI=1S/C21H21N3O3S/c22-12-21(13-4-2-1-3-5-13)9-6-15-16(19(23)28-17(15)18(21)25)20(26)24-14-7-10-27-11-8-14/h1-5,14H,6-11,23H2,(H,24,26). The summed E-state index contributed by atoms with van der Waals surface area (Å²) in [5, 5.41) is 13.3. The molecule has 1 amide bonds. The third-order valence-electron chi connectivity index (χ3n) is 5.62. The number of hydrogen-bond donors (Lipinski definition) is 2. The Labute approximate surface area is 167 Å². The average molecular weight is 395 g/mol. The largest absolute Gasteiger partial charge is 0.390 e. The highest BCUT2D eigenvalue weighted by Crippen LogP contribution is 2.44. The molecule has 1 aromatic heterocycles. The van der Waals surface area contributed by atoms with Gasteiger partial charge in [0.25, 0.3) is 5.91 Å². The predicted molar refractivity (Wildman–Crippen MR) is 106 cm³/mol. The minimum absolute atomic E-state index is 0.0537. The number of nitriles is 1. The molecule has 6 nitrogen and oxygen atoms in total. The second-order valence-electron chi connectivity index (χ2n) is 7.22. The number of anilines is 1. The molecule has 4 rings (SSSR count). The van der Waals surface area contributed by atoms with Gasteiger partial charge < -0.3 is 15.8 Å². The molecule has 1 aliphatic carbocycles. The molecule has 3 N–H and O–H groups in total. The van der Waals surface area contributed by atoms with Crippen molar-refractivity contribution in [2.45, 2.75) is 37.1 Å². The highest BCUT2D eigenvalue weighted by Gasteiger charge is 2.47. The summed E-state index contributed by atoms with van der Waals surface area (Å²) in [5.41, 5.74) is 6.70. The van der Waals surface area contributed by atoms with Crippen molar-refractivity contribution in [2.24, 2.45) is 0 Å². The number of nitrogen functional groups attached to an aromatic ring is 1. The van der Waals surface area contributed by atoms with E-state index in [9.17, 15) is 14.9 Å². The molecule has 0 saturated carbocycles. The van der Waals surface area contributed by atoms with Crippen LogP contribution in [0.15, 0.2) is 30.3 Å². The van der Waals surface area contributed by atoms with Crippen LogP contribution in [0.5, 0.6) is 0 Å². The van der Waals surface area contributed by atoms with Gasteiger partial charge in [-0.05, 0) is 36.8 Å². The van der Waals surface area contributed by atoms with Gasteiger partial charge in [-0.25, -0.2) is 0 Å². The minimum Gasteiger partial charge on any atom is -0.390 e. The van der Waals surface area contributed by atoms with Crippen LogP contribution in [0.1, 0.15) is 50.4 Å². The van der Waals surface area contributed by atoms with E-state index in [0.29, 0.717) is 52.6 Å². The molecule has 1 fully saturated rings. The molecule has 1 unspecified atom stereocenters. The van der Waals surface area contributed by atoms with Crippen LogP contribution in [0.3, 0.4) is 0 Å². The van der Waals surface area contributed by atoms with E-state index < -0.39 is 5.41 Å². The molecule has 2 heterocycles. The molecule has 28 heavy (non-hydrogen) atoms. The second-order valence-corrected chi connectivity index (χ2v) is 8.27. The summed E-state index contributed by atoms with van der Waals surface area (Å²) in [7, 11) is 0. The van der Waals surface area contributed by atoms with Gasteiger partial charge in [-0.15, -0.1) is 11.3 Å². The second kappa shape index (κ2) is 7.38. The number of nitrogens with two attached hydrogens (primary N) is 1. The van der Waals surface area contributed by atoms with Crippen LogP contribution in [-0.4, -0.2) is 30.9 Å². The number of nitrogens with one attached hydrogen (secondary N) is 1. The molecular formula is C21H21N3O3S. The van der Waals surface area contributed by atoms with Crippen LogP contribution in [0.2, 0.25) is 0 Å². The molecule has 0 bridgehead atoms. The Hall–Kier alpha value is -2.69. The zero-order valence-electron chi connectivity index (χ0n) is 15.4. The van der Waals surface area contributed by atoms with E-state index >= 15 is 0 Å². The zero-order valence-corrected chi connectivity index (χ0v) is 16.2. The number of fused-ring (bicyclic) bond motifs is 1. The molecule has 2 aliphatic rings. The van der Waals surface area contributed by atoms with Crippen LogP contribution < -0.4 is 11.1 Å². The molecule has 1 aromatic carbocycles. The quantitative estimate of drug-likeness (QED) is 0.831. The highest BCUT2D eigenvalue weighted by atomic mass is 32.1. The van der Waals surface area contributed by atoms with Crippen molar-refractivity contribution in [3.05, 3.63) is 51.9 Å². The Morgan fingerprint density at radius 1 is 1.29 bits per heavy atom. The van der Waals surface area contributed by atoms with E-state index in [0.717, 1.165) is 24.2 Å². The lowest BCUT2D eigenvalue weighted by Gasteiger charge is -2.30. The van der Waals surface area contributed by atoms with Crippen molar-refractivity contribution >= 4 is 28.0 Å². The number of nitrogens with zero attached hydrogens (tertiary/aromatic N) is 1. The Bertz CT molecular complexity index is 957. The molecule has 1 aliphatic heterocycles. The molecule has 7 heteroatoms. The average Bonchev–Trinajstić information content (AvgIpc) is 3.07. The molecule has 0 spiro atoms. The van der Waals surface area contributed by atoms with Crippen molar-refractivity contribution in [3.8, 4) is 6.07 Å². The Morgan fingerprint density at radius 3 is 2.68 bits per heavy atom. The maximum Gasteiger partial charge on any atom is 0.254 e. The number of amides is 1. The summed E-state index contributed by atoms with van der Waals surface area (Å²) in [4.78, 5) is 26.6. The van der Waals surface area contributed by atoms with Gasteiger partial charge in [-0.3, -0.25) is 9.59 Å². The first-order valence-electron chi connectivity index (χ1n) is 9.38. The Balaban J connectivity index is 1.67. The number of thiophene rings is 1. The first-order chi connectivity index (χ1) is 13.6. The minimum atomic E-state index is -1.22. The fourth-order valence-corrected chi connectivity index (χ4v) is 5.18. The molecule has 0 radical (unpaired) electrons. The van der Waals surface area contributed by atoms with Crippen molar-refractivity contribution in [2.75, 3.05) is 18.9 Å². The van der Waals surface area contributed by atoms with Gasteiger partial charge in [-0.1, -0.05) is 30.3 Å². The lowest BCUT2D eigenvalue weighted by Crippen LogP contribution is -2.41. The number of Topliss-reactive ketones (excluding diaryl/α,β-unsaturated/α-hetero) is 1. The summed E-state index contributed by atoms with van der Waals surface area (Å²) in [6, 6.07) is 11.4. The molecule has 1 atom stereocenters. The summed E-state index contributed by atoms with van der Waals surface area (Å²) in [6.07, 6.45) is 2.34. The number of benzene rings is 1. The molecule has 2 aromatic rings. The Morgan fingerprint density at radius 2 is 2.00 bits per heavy atom. The lowest BCUT2D eigenvalue weighted by molar-refractivity contribution is 0.0696. The van der Waals surface area contributed by atoms with Crippen LogP contribution >= 0.6 is 11.3 Å². The van der Waals surface area contributed by atoms with Crippen LogP contribution in [-0.2, 0) is 16.6 Å². The van der Waals surface area contributed by atoms with Crippen LogP contribution in [0.25, 0.3) is 0 Å². The van der Waals surface area contributed by atoms with Gasteiger partial charge in [0.1, 0.15) is 5.41 Å². The van der Waals surface area contributed by atoms with E-state index in [1.54, 1.807) is 0 Å². The predicted octanol–water partition coefficient (Wildman–Crippen LogP) is 2.83. The van der Waals surface area contributed by atoms with E-state index in [-0.39, 0.29) is 17.7 Å². The fourth-order valence-electron chi connectivity index (χ4n) is 4.04. The lowest BCUT2D eigenvalue weighted by atomic mass is 9.69. The smallest absolute Gasteiger partial charge is 0.254 e. The van der Waals surface area contributed by atoms with Gasteiger partial charge in [0, 0.05) is 19.3 Å². The zero-order chi connectivity index (χ0) is 19.7. The third-order valence-corrected chi connectivity index (χ3v) is 6.68. The Kier molecular flexibility index (Phi) is 4.92. The number of carbonyl (C=O) groups excluding carboxylic acids is 2. The van der Waals surface area contributed by atoms with Gasteiger partial charge in [0.15, 0.2) is 5.78 Å². The van der Waals surface area contributed by atoms with Crippen molar-refractivity contribution in [3.63, 3.8) is 0 Å². The first-order valence-corrected chi connectivity index (χ1v) is 10.2. The number of ketones is 1. The molecular weight excluding hydrogens is 374 g/mol. The van der Waals surface area contributed by atoms with Crippen LogP contribution in [0, 0.1) is 11.3 Å². The maximum atomic E-state index is 13.3. The van der Waals surface area contributed by atoms with Gasteiger partial charge in [0.05, 0.1) is 21.5 Å². The maximum absolute atomic E-state index is 13.3. The SMILES string of the molecule is N#CC1(c2ccccc2)CCc2c(sc(N)c2C(=O)NC2CCOCC2)C1=O. The van der Waals surface area contributed by atoms with E-state index in [1.807, 2.05) is 30.3 Å². The van der Waals surface area contributed by atoms with Crippen molar-refractivity contribution in [1.29, 1.82) is 5.26 Å². The number of hydrogen-bond acceptors (Lipinski definition) is 6. The molecule has 1 saturated heterocycles. The van der Waals surface area contributed by atoms with Gasteiger partial charge >= 0.3 is 0 Å². The summed E-state index contributed by atoms with van der Waals surface area (Å²) < 4.78 is 5.33. The number of ether oxygens (including phenoxy) is 1.